The van der Waals surface area contributed by atoms with Crippen molar-refractivity contribution >= 4 is 17.7 Å². The number of furan rings is 1. The van der Waals surface area contributed by atoms with Crippen molar-refractivity contribution in [2.24, 2.45) is 5.92 Å². The van der Waals surface area contributed by atoms with E-state index < -0.39 is 12.1 Å². The van der Waals surface area contributed by atoms with E-state index in [2.05, 4.69) is 12.2 Å². The summed E-state index contributed by atoms with van der Waals surface area (Å²) in [5.41, 5.74) is 1.35. The summed E-state index contributed by atoms with van der Waals surface area (Å²) in [6, 6.07) is 10.2. The van der Waals surface area contributed by atoms with Crippen LogP contribution in [0.5, 0.6) is 0 Å². The largest absolute Gasteiger partial charge is 0.449 e. The molecule has 6 nitrogen and oxygen atoms in total. The first-order chi connectivity index (χ1) is 13.8. The lowest BCUT2D eigenvalue weighted by Crippen LogP contribution is -2.45. The van der Waals surface area contributed by atoms with Gasteiger partial charge in [-0.1, -0.05) is 44.0 Å². The summed E-state index contributed by atoms with van der Waals surface area (Å²) in [5.74, 6) is -0.0473. The average Bonchev–Trinajstić information content (AvgIpc) is 3.20. The molecular weight excluding hydrogens is 370 g/mol. The molecule has 0 unspecified atom stereocenters. The summed E-state index contributed by atoms with van der Waals surface area (Å²) in [6.45, 7) is 5.20. The fraction of sp³-hybridized carbons (Fsp3) is 0.435. The Balaban J connectivity index is 1.59. The SMILES string of the molecule is CC(=O)c1ccc(-c2ccc(C(=O)O[C@H](C)C(=O)N[C@H]3CCCC[C@@H]3C)o2)cc1. The van der Waals surface area contributed by atoms with E-state index in [-0.39, 0.29) is 23.5 Å². The summed E-state index contributed by atoms with van der Waals surface area (Å²) >= 11 is 0. The number of ketones is 1. The van der Waals surface area contributed by atoms with Gasteiger partial charge in [0.05, 0.1) is 0 Å². The van der Waals surface area contributed by atoms with Crippen LogP contribution >= 0.6 is 0 Å². The Labute approximate surface area is 170 Å². The van der Waals surface area contributed by atoms with E-state index in [9.17, 15) is 14.4 Å². The van der Waals surface area contributed by atoms with Crippen LogP contribution in [0.15, 0.2) is 40.8 Å². The van der Waals surface area contributed by atoms with Crippen LogP contribution in [0, 0.1) is 5.92 Å². The van der Waals surface area contributed by atoms with Crippen molar-refractivity contribution in [1.29, 1.82) is 0 Å². The molecule has 1 saturated carbocycles. The molecular formula is C23H27NO5. The molecule has 1 heterocycles. The monoisotopic (exact) mass is 397 g/mol. The van der Waals surface area contributed by atoms with Crippen molar-refractivity contribution in [2.45, 2.75) is 58.6 Å². The predicted octanol–water partition coefficient (Wildman–Crippen LogP) is 4.39. The molecule has 1 N–H and O–H groups in total. The van der Waals surface area contributed by atoms with E-state index in [1.807, 2.05) is 0 Å². The summed E-state index contributed by atoms with van der Waals surface area (Å²) in [5, 5.41) is 3.00. The second-order valence-corrected chi connectivity index (χ2v) is 7.72. The first-order valence-corrected chi connectivity index (χ1v) is 10.1. The Bertz CT molecular complexity index is 883. The molecule has 0 bridgehead atoms. The molecule has 0 saturated heterocycles. The van der Waals surface area contributed by atoms with Gasteiger partial charge in [0.15, 0.2) is 11.9 Å². The summed E-state index contributed by atoms with van der Waals surface area (Å²) < 4.78 is 10.9. The van der Waals surface area contributed by atoms with Gasteiger partial charge in [-0.25, -0.2) is 4.79 Å². The third kappa shape index (κ3) is 5.13. The van der Waals surface area contributed by atoms with E-state index in [4.69, 9.17) is 9.15 Å². The van der Waals surface area contributed by atoms with Gasteiger partial charge in [0, 0.05) is 17.2 Å². The number of carbonyl (C=O) groups is 3. The average molecular weight is 397 g/mol. The number of carbonyl (C=O) groups excluding carboxylic acids is 3. The molecule has 0 aliphatic heterocycles. The van der Waals surface area contributed by atoms with Crippen LogP contribution in [0.2, 0.25) is 0 Å². The summed E-state index contributed by atoms with van der Waals surface area (Å²) in [4.78, 5) is 36.1. The maximum absolute atomic E-state index is 12.4. The number of hydrogen-bond donors (Lipinski definition) is 1. The fourth-order valence-corrected chi connectivity index (χ4v) is 3.57. The first-order valence-electron chi connectivity index (χ1n) is 10.1. The Kier molecular flexibility index (Phi) is 6.52. The molecule has 1 amide bonds. The van der Waals surface area contributed by atoms with E-state index in [1.54, 1.807) is 37.3 Å². The Morgan fingerprint density at radius 3 is 2.41 bits per heavy atom. The quantitative estimate of drug-likeness (QED) is 0.577. The number of ether oxygens (including phenoxy) is 1. The second-order valence-electron chi connectivity index (χ2n) is 7.72. The molecule has 3 rings (SSSR count). The van der Waals surface area contributed by atoms with Crippen LogP contribution < -0.4 is 5.32 Å². The molecule has 1 aliphatic rings. The maximum atomic E-state index is 12.4. The van der Waals surface area contributed by atoms with Crippen LogP contribution in [0.3, 0.4) is 0 Å². The predicted molar refractivity (Wildman–Crippen MR) is 109 cm³/mol. The topological polar surface area (TPSA) is 85.6 Å². The highest BCUT2D eigenvalue weighted by Gasteiger charge is 2.27. The minimum absolute atomic E-state index is 0.0184. The molecule has 1 fully saturated rings. The van der Waals surface area contributed by atoms with E-state index >= 15 is 0 Å². The zero-order valence-corrected chi connectivity index (χ0v) is 17.1. The minimum Gasteiger partial charge on any atom is -0.449 e. The standard InChI is InChI=1S/C23H27NO5/c1-14-6-4-5-7-19(14)24-22(26)16(3)28-23(27)21-13-12-20(29-21)18-10-8-17(9-11-18)15(2)25/h8-14,16,19H,4-7H2,1-3H3,(H,24,26)/t14-,16+,19-/m0/s1. The maximum Gasteiger partial charge on any atom is 0.375 e. The van der Waals surface area contributed by atoms with E-state index in [1.165, 1.54) is 19.4 Å². The second kappa shape index (κ2) is 9.07. The molecule has 6 heteroatoms. The van der Waals surface area contributed by atoms with Crippen LogP contribution in [-0.4, -0.2) is 29.8 Å². The first kappa shape index (κ1) is 20.8. The van der Waals surface area contributed by atoms with Gasteiger partial charge >= 0.3 is 5.97 Å². The number of benzene rings is 1. The molecule has 2 aromatic rings. The molecule has 3 atom stereocenters. The molecule has 0 radical (unpaired) electrons. The number of rotatable bonds is 6. The van der Waals surface area contributed by atoms with Gasteiger partial charge in [-0.15, -0.1) is 0 Å². The molecule has 1 aliphatic carbocycles. The summed E-state index contributed by atoms with van der Waals surface area (Å²) in [6.07, 6.45) is 3.45. The van der Waals surface area contributed by atoms with Gasteiger partial charge in [-0.3, -0.25) is 9.59 Å². The van der Waals surface area contributed by atoms with E-state index in [0.29, 0.717) is 17.2 Å². The molecule has 154 valence electrons. The minimum atomic E-state index is -0.903. The van der Waals surface area contributed by atoms with E-state index in [0.717, 1.165) is 24.8 Å². The Morgan fingerprint density at radius 1 is 1.07 bits per heavy atom. The molecule has 0 spiro atoms. The Morgan fingerprint density at radius 2 is 1.76 bits per heavy atom. The third-order valence-corrected chi connectivity index (χ3v) is 5.48. The normalized spacial score (nSPS) is 20.0. The highest BCUT2D eigenvalue weighted by molar-refractivity contribution is 5.94. The number of nitrogens with one attached hydrogen (secondary N) is 1. The lowest BCUT2D eigenvalue weighted by Gasteiger charge is -2.30. The van der Waals surface area contributed by atoms with Gasteiger partial charge in [0.2, 0.25) is 5.76 Å². The van der Waals surface area contributed by atoms with Crippen molar-refractivity contribution in [3.63, 3.8) is 0 Å². The highest BCUT2D eigenvalue weighted by atomic mass is 16.6. The number of hydrogen-bond acceptors (Lipinski definition) is 5. The third-order valence-electron chi connectivity index (χ3n) is 5.48. The van der Waals surface area contributed by atoms with Gasteiger partial charge in [-0.05, 0) is 44.7 Å². The van der Waals surface area contributed by atoms with Gasteiger partial charge < -0.3 is 14.5 Å². The van der Waals surface area contributed by atoms with Crippen molar-refractivity contribution in [2.75, 3.05) is 0 Å². The number of amides is 1. The Hall–Kier alpha value is -2.89. The smallest absolute Gasteiger partial charge is 0.375 e. The fourth-order valence-electron chi connectivity index (χ4n) is 3.57. The number of esters is 1. The molecule has 1 aromatic carbocycles. The zero-order valence-electron chi connectivity index (χ0n) is 17.1. The van der Waals surface area contributed by atoms with Crippen molar-refractivity contribution in [3.05, 3.63) is 47.7 Å². The van der Waals surface area contributed by atoms with Crippen LogP contribution in [0.25, 0.3) is 11.3 Å². The summed E-state index contributed by atoms with van der Waals surface area (Å²) in [7, 11) is 0. The van der Waals surface area contributed by atoms with Gasteiger partial charge in [0.25, 0.3) is 5.91 Å². The number of Topliss-reactive ketones (excluding diaryl/α,β-unsaturated/α-hetero) is 1. The van der Waals surface area contributed by atoms with Gasteiger partial charge in [0.1, 0.15) is 5.76 Å². The lowest BCUT2D eigenvalue weighted by atomic mass is 9.86. The van der Waals surface area contributed by atoms with Crippen LogP contribution in [0.4, 0.5) is 0 Å². The highest BCUT2D eigenvalue weighted by Crippen LogP contribution is 2.25. The molecule has 1 aromatic heterocycles. The lowest BCUT2D eigenvalue weighted by molar-refractivity contribution is -0.130. The molecule has 29 heavy (non-hydrogen) atoms. The van der Waals surface area contributed by atoms with Crippen molar-refractivity contribution < 1.29 is 23.5 Å². The van der Waals surface area contributed by atoms with Gasteiger partial charge in [-0.2, -0.15) is 0 Å². The zero-order chi connectivity index (χ0) is 21.0. The van der Waals surface area contributed by atoms with Crippen molar-refractivity contribution in [3.8, 4) is 11.3 Å². The van der Waals surface area contributed by atoms with Crippen molar-refractivity contribution in [1.82, 2.24) is 5.32 Å². The van der Waals surface area contributed by atoms with Crippen LogP contribution in [0.1, 0.15) is 67.4 Å². The van der Waals surface area contributed by atoms with Crippen LogP contribution in [-0.2, 0) is 9.53 Å².